The van der Waals surface area contributed by atoms with Crippen molar-refractivity contribution in [1.82, 2.24) is 0 Å². The molecule has 0 amide bonds. The molecule has 1 atom stereocenters. The van der Waals surface area contributed by atoms with E-state index in [1.165, 1.54) is 26.2 Å². The number of alkyl halides is 2. The summed E-state index contributed by atoms with van der Waals surface area (Å²) >= 11 is 0. The molecule has 0 aliphatic rings. The Balaban J connectivity index is 3.41. The van der Waals surface area contributed by atoms with E-state index in [9.17, 15) is 13.9 Å². The van der Waals surface area contributed by atoms with Gasteiger partial charge in [0.15, 0.2) is 0 Å². The van der Waals surface area contributed by atoms with Gasteiger partial charge in [-0.15, -0.1) is 0 Å². The molecule has 0 saturated heterocycles. The highest BCUT2D eigenvalue weighted by molar-refractivity contribution is 5.44. The Hall–Kier alpha value is -1.16. The Morgan fingerprint density at radius 3 is 2.40 bits per heavy atom. The van der Waals surface area contributed by atoms with Crippen LogP contribution in [0.3, 0.4) is 0 Å². The molecule has 1 unspecified atom stereocenters. The molecule has 0 bridgehead atoms. The molecular formula is C11H14F2O2. The quantitative estimate of drug-likeness (QED) is 0.841. The zero-order valence-corrected chi connectivity index (χ0v) is 8.92. The number of aliphatic hydroxyl groups excluding tert-OH is 1. The average molecular weight is 216 g/mol. The van der Waals surface area contributed by atoms with Crippen molar-refractivity contribution in [3.05, 3.63) is 29.3 Å². The monoisotopic (exact) mass is 216 g/mol. The van der Waals surface area contributed by atoms with Crippen molar-refractivity contribution >= 4 is 0 Å². The average Bonchev–Trinajstić information content (AvgIpc) is 2.15. The van der Waals surface area contributed by atoms with Gasteiger partial charge >= 0.3 is 0 Å². The third kappa shape index (κ3) is 2.45. The second-order valence-corrected chi connectivity index (χ2v) is 3.49. The van der Waals surface area contributed by atoms with Crippen LogP contribution in [0.15, 0.2) is 18.2 Å². The van der Waals surface area contributed by atoms with Gasteiger partial charge in [0.2, 0.25) is 0 Å². The lowest BCUT2D eigenvalue weighted by atomic mass is 9.98. The van der Waals surface area contributed by atoms with Crippen LogP contribution in [0.25, 0.3) is 0 Å². The third-order valence-electron chi connectivity index (χ3n) is 2.17. The van der Waals surface area contributed by atoms with E-state index in [1.54, 1.807) is 6.07 Å². The third-order valence-corrected chi connectivity index (χ3v) is 2.17. The number of halogens is 2. The largest absolute Gasteiger partial charge is 0.496 e. The predicted molar refractivity (Wildman–Crippen MR) is 53.2 cm³/mol. The van der Waals surface area contributed by atoms with Gasteiger partial charge in [-0.05, 0) is 18.6 Å². The van der Waals surface area contributed by atoms with Crippen LogP contribution >= 0.6 is 0 Å². The Bertz CT molecular complexity index is 343. The van der Waals surface area contributed by atoms with Crippen LogP contribution in [-0.4, -0.2) is 12.2 Å². The minimum absolute atomic E-state index is 0.0981. The molecule has 0 aromatic heterocycles. The number of methoxy groups -OCH3 is 1. The van der Waals surface area contributed by atoms with E-state index >= 15 is 0 Å². The fourth-order valence-electron chi connectivity index (χ4n) is 1.54. The summed E-state index contributed by atoms with van der Waals surface area (Å²) in [5.41, 5.74) is -0.0515. The van der Waals surface area contributed by atoms with Crippen molar-refractivity contribution in [3.63, 3.8) is 0 Å². The first kappa shape index (κ1) is 11.9. The molecule has 84 valence electrons. The molecule has 0 aliphatic carbocycles. The van der Waals surface area contributed by atoms with E-state index < -0.39 is 12.0 Å². The molecule has 4 heteroatoms. The van der Waals surface area contributed by atoms with E-state index in [4.69, 9.17) is 4.74 Å². The van der Waals surface area contributed by atoms with Gasteiger partial charge in [-0.1, -0.05) is 12.1 Å². The van der Waals surface area contributed by atoms with Crippen molar-refractivity contribution < 1.29 is 18.6 Å². The van der Waals surface area contributed by atoms with Crippen LogP contribution in [0.5, 0.6) is 5.75 Å². The molecule has 1 aromatic carbocycles. The van der Waals surface area contributed by atoms with Crippen LogP contribution < -0.4 is 4.74 Å². The molecule has 0 spiro atoms. The van der Waals surface area contributed by atoms with Gasteiger partial charge in [0.1, 0.15) is 5.75 Å². The number of aliphatic hydroxyl groups is 1. The van der Waals surface area contributed by atoms with Crippen molar-refractivity contribution in [2.24, 2.45) is 0 Å². The molecular weight excluding hydrogens is 202 g/mol. The zero-order chi connectivity index (χ0) is 11.6. The first-order valence-electron chi connectivity index (χ1n) is 4.61. The van der Waals surface area contributed by atoms with Crippen molar-refractivity contribution in [1.29, 1.82) is 0 Å². The molecule has 15 heavy (non-hydrogen) atoms. The lowest BCUT2D eigenvalue weighted by Crippen LogP contribution is -2.14. The van der Waals surface area contributed by atoms with E-state index in [1.807, 2.05) is 0 Å². The molecule has 2 nitrogen and oxygen atoms in total. The Morgan fingerprint density at radius 1 is 1.40 bits per heavy atom. The minimum Gasteiger partial charge on any atom is -0.496 e. The van der Waals surface area contributed by atoms with Gasteiger partial charge in [0.05, 0.1) is 18.8 Å². The summed E-state index contributed by atoms with van der Waals surface area (Å²) in [6, 6.07) is 4.51. The summed E-state index contributed by atoms with van der Waals surface area (Å²) in [6.45, 7) is 2.24. The highest BCUT2D eigenvalue weighted by Crippen LogP contribution is 2.39. The molecule has 0 heterocycles. The van der Waals surface area contributed by atoms with Crippen molar-refractivity contribution in [2.75, 3.05) is 7.11 Å². The lowest BCUT2D eigenvalue weighted by Gasteiger charge is -2.20. The molecule has 0 radical (unpaired) electrons. The van der Waals surface area contributed by atoms with Gasteiger partial charge in [-0.2, -0.15) is 0 Å². The molecule has 0 saturated carbocycles. The van der Waals surface area contributed by atoms with Crippen molar-refractivity contribution in [3.8, 4) is 5.75 Å². The van der Waals surface area contributed by atoms with Gasteiger partial charge in [-0.25, -0.2) is 8.78 Å². The molecule has 1 rings (SSSR count). The summed E-state index contributed by atoms with van der Waals surface area (Å²) in [4.78, 5) is 0. The van der Waals surface area contributed by atoms with E-state index in [-0.39, 0.29) is 16.9 Å². The standard InChI is InChI=1S/C11H14F2O2/c1-7(14)8-5-4-6-9(15-3)10(8)11(2,12)13/h4-7,14H,1-3H3. The van der Waals surface area contributed by atoms with Crippen LogP contribution in [0.1, 0.15) is 31.1 Å². The Kier molecular flexibility index (Phi) is 3.29. The normalized spacial score (nSPS) is 13.7. The smallest absolute Gasteiger partial charge is 0.274 e. The summed E-state index contributed by atoms with van der Waals surface area (Å²) in [6.07, 6.45) is -0.944. The molecule has 0 aliphatic heterocycles. The van der Waals surface area contributed by atoms with Crippen LogP contribution in [0.2, 0.25) is 0 Å². The minimum atomic E-state index is -3.03. The Morgan fingerprint density at radius 2 is 2.00 bits per heavy atom. The van der Waals surface area contributed by atoms with Crippen LogP contribution in [-0.2, 0) is 5.92 Å². The number of hydrogen-bond donors (Lipinski definition) is 1. The summed E-state index contributed by atoms with van der Waals surface area (Å²) in [7, 11) is 1.33. The SMILES string of the molecule is COc1cccc(C(C)O)c1C(C)(F)F. The van der Waals surface area contributed by atoms with E-state index in [0.717, 1.165) is 6.92 Å². The van der Waals surface area contributed by atoms with Gasteiger partial charge in [0, 0.05) is 6.92 Å². The Labute approximate surface area is 87.5 Å². The predicted octanol–water partition coefficient (Wildman–Crippen LogP) is 2.86. The maximum Gasteiger partial charge on any atom is 0.274 e. The highest BCUT2D eigenvalue weighted by atomic mass is 19.3. The highest BCUT2D eigenvalue weighted by Gasteiger charge is 2.32. The molecule has 1 N–H and O–H groups in total. The van der Waals surface area contributed by atoms with Crippen LogP contribution in [0, 0.1) is 0 Å². The lowest BCUT2D eigenvalue weighted by molar-refractivity contribution is 0.0116. The number of ether oxygens (including phenoxy) is 1. The van der Waals surface area contributed by atoms with Gasteiger partial charge in [-0.3, -0.25) is 0 Å². The summed E-state index contributed by atoms with van der Waals surface area (Å²) in [5, 5.41) is 9.40. The maximum atomic E-state index is 13.3. The fraction of sp³-hybridized carbons (Fsp3) is 0.455. The zero-order valence-electron chi connectivity index (χ0n) is 8.92. The first-order chi connectivity index (χ1) is 6.88. The van der Waals surface area contributed by atoms with Crippen molar-refractivity contribution in [2.45, 2.75) is 25.9 Å². The summed E-state index contributed by atoms with van der Waals surface area (Å²) < 4.78 is 31.5. The fourth-order valence-corrected chi connectivity index (χ4v) is 1.54. The van der Waals surface area contributed by atoms with Gasteiger partial charge < -0.3 is 9.84 Å². The van der Waals surface area contributed by atoms with E-state index in [2.05, 4.69) is 0 Å². The number of hydrogen-bond acceptors (Lipinski definition) is 2. The maximum absolute atomic E-state index is 13.3. The molecule has 1 aromatic rings. The van der Waals surface area contributed by atoms with E-state index in [0.29, 0.717) is 0 Å². The summed E-state index contributed by atoms with van der Waals surface area (Å²) in [5.74, 6) is -2.93. The van der Waals surface area contributed by atoms with Gasteiger partial charge in [0.25, 0.3) is 5.92 Å². The molecule has 0 fully saturated rings. The topological polar surface area (TPSA) is 29.5 Å². The second kappa shape index (κ2) is 4.14. The van der Waals surface area contributed by atoms with Crippen LogP contribution in [0.4, 0.5) is 8.78 Å². The number of rotatable bonds is 3. The second-order valence-electron chi connectivity index (χ2n) is 3.49. The first-order valence-corrected chi connectivity index (χ1v) is 4.61. The number of benzene rings is 1.